The fourth-order valence-electron chi connectivity index (χ4n) is 7.53. The Morgan fingerprint density at radius 1 is 0.774 bits per heavy atom. The molecule has 4 heteroatoms. The van der Waals surface area contributed by atoms with E-state index in [2.05, 4.69) is 62.7 Å². The quantitative estimate of drug-likeness (QED) is 0.406. The van der Waals surface area contributed by atoms with Gasteiger partial charge in [-0.3, -0.25) is 0 Å². The average Bonchev–Trinajstić information content (AvgIpc) is 2.68. The van der Waals surface area contributed by atoms with Gasteiger partial charge in [0.15, 0.2) is 0 Å². The molecule has 0 spiro atoms. The molecule has 3 aliphatic rings. The smallest absolute Gasteiger partial charge is 0.0916 e. The molecule has 180 valence electrons. The summed E-state index contributed by atoms with van der Waals surface area (Å²) in [4.78, 5) is 0. The molecule has 0 aromatic rings. The second-order valence-electron chi connectivity index (χ2n) is 12.5. The number of nitrogens with one attached hydrogen (secondary N) is 4. The van der Waals surface area contributed by atoms with E-state index in [4.69, 9.17) is 0 Å². The highest BCUT2D eigenvalue weighted by Gasteiger charge is 2.41. The van der Waals surface area contributed by atoms with Gasteiger partial charge in [0.25, 0.3) is 0 Å². The molecule has 3 rings (SSSR count). The highest BCUT2D eigenvalue weighted by Crippen LogP contribution is 2.46. The Bertz CT molecular complexity index is 558. The molecule has 2 unspecified atom stereocenters. The maximum atomic E-state index is 4.37. The lowest BCUT2D eigenvalue weighted by Crippen LogP contribution is -2.49. The largest absolute Gasteiger partial charge is 0.370 e. The Morgan fingerprint density at radius 3 is 1.87 bits per heavy atom. The molecule has 0 aliphatic heterocycles. The molecule has 0 amide bonds. The monoisotopic (exact) mass is 432 g/mol. The SMILES string of the molecule is C=C(NC1CCC(CC2CCC(NC)CC2)CC1)NC1CC(C)(C)CC(C)(CNC)C1. The van der Waals surface area contributed by atoms with Crippen LogP contribution in [0.5, 0.6) is 0 Å². The van der Waals surface area contributed by atoms with Crippen LogP contribution in [0.1, 0.15) is 97.8 Å². The zero-order valence-electron chi connectivity index (χ0n) is 21.3. The van der Waals surface area contributed by atoms with Crippen LogP contribution in [0.2, 0.25) is 0 Å². The molecular formula is C27H52N4. The summed E-state index contributed by atoms with van der Waals surface area (Å²) in [6, 6.07) is 1.91. The number of hydrogen-bond donors (Lipinski definition) is 4. The fraction of sp³-hybridized carbons (Fsp3) is 0.926. The molecule has 0 saturated heterocycles. The predicted molar refractivity (Wildman–Crippen MR) is 134 cm³/mol. The lowest BCUT2D eigenvalue weighted by atomic mass is 9.62. The van der Waals surface area contributed by atoms with E-state index in [1.165, 1.54) is 77.0 Å². The van der Waals surface area contributed by atoms with Crippen LogP contribution in [0, 0.1) is 22.7 Å². The van der Waals surface area contributed by atoms with E-state index in [0.717, 1.165) is 30.2 Å². The highest BCUT2D eigenvalue weighted by atomic mass is 15.1. The minimum absolute atomic E-state index is 0.360. The summed E-state index contributed by atoms with van der Waals surface area (Å²) in [5, 5.41) is 14.4. The van der Waals surface area contributed by atoms with E-state index in [1.807, 2.05) is 0 Å². The van der Waals surface area contributed by atoms with Crippen molar-refractivity contribution in [3.63, 3.8) is 0 Å². The van der Waals surface area contributed by atoms with Crippen molar-refractivity contribution in [2.75, 3.05) is 20.6 Å². The van der Waals surface area contributed by atoms with Crippen LogP contribution in [-0.2, 0) is 0 Å². The van der Waals surface area contributed by atoms with E-state index in [1.54, 1.807) is 0 Å². The van der Waals surface area contributed by atoms with Gasteiger partial charge in [0, 0.05) is 24.7 Å². The van der Waals surface area contributed by atoms with E-state index in [0.29, 0.717) is 22.9 Å². The van der Waals surface area contributed by atoms with Gasteiger partial charge in [-0.15, -0.1) is 0 Å². The molecule has 3 saturated carbocycles. The Morgan fingerprint density at radius 2 is 1.32 bits per heavy atom. The molecule has 0 aromatic heterocycles. The molecule has 0 radical (unpaired) electrons. The molecule has 0 heterocycles. The van der Waals surface area contributed by atoms with Gasteiger partial charge in [-0.05, 0) is 114 Å². The third-order valence-electron chi connectivity index (χ3n) is 8.57. The Balaban J connectivity index is 1.38. The van der Waals surface area contributed by atoms with Crippen LogP contribution < -0.4 is 21.3 Å². The summed E-state index contributed by atoms with van der Waals surface area (Å²) < 4.78 is 0. The Kier molecular flexibility index (Phi) is 8.77. The third-order valence-corrected chi connectivity index (χ3v) is 8.57. The summed E-state index contributed by atoms with van der Waals surface area (Å²) in [5.41, 5.74) is 0.741. The second kappa shape index (κ2) is 10.9. The summed E-state index contributed by atoms with van der Waals surface area (Å²) in [7, 11) is 4.21. The summed E-state index contributed by atoms with van der Waals surface area (Å²) in [6.45, 7) is 12.8. The van der Waals surface area contributed by atoms with Crippen molar-refractivity contribution in [2.45, 2.75) is 116 Å². The first-order chi connectivity index (χ1) is 14.7. The minimum atomic E-state index is 0.360. The van der Waals surface area contributed by atoms with E-state index in [9.17, 15) is 0 Å². The Hall–Kier alpha value is -0.740. The van der Waals surface area contributed by atoms with Gasteiger partial charge < -0.3 is 21.3 Å². The van der Waals surface area contributed by atoms with Crippen molar-refractivity contribution >= 4 is 0 Å². The van der Waals surface area contributed by atoms with E-state index < -0.39 is 0 Å². The minimum Gasteiger partial charge on any atom is -0.370 e. The molecule has 0 aromatic carbocycles. The molecule has 4 nitrogen and oxygen atoms in total. The molecular weight excluding hydrogens is 380 g/mol. The predicted octanol–water partition coefficient (Wildman–Crippen LogP) is 5.17. The molecule has 0 bridgehead atoms. The van der Waals surface area contributed by atoms with Crippen molar-refractivity contribution < 1.29 is 0 Å². The van der Waals surface area contributed by atoms with Gasteiger partial charge in [0.05, 0.1) is 5.82 Å². The summed E-state index contributed by atoms with van der Waals surface area (Å²) in [6.07, 6.45) is 16.3. The van der Waals surface area contributed by atoms with Gasteiger partial charge in [0.1, 0.15) is 0 Å². The summed E-state index contributed by atoms with van der Waals surface area (Å²) in [5.74, 6) is 3.00. The molecule has 31 heavy (non-hydrogen) atoms. The lowest BCUT2D eigenvalue weighted by Gasteiger charge is -2.47. The van der Waals surface area contributed by atoms with Gasteiger partial charge in [-0.1, -0.05) is 27.4 Å². The third kappa shape index (κ3) is 7.67. The van der Waals surface area contributed by atoms with Gasteiger partial charge in [-0.2, -0.15) is 0 Å². The van der Waals surface area contributed by atoms with E-state index in [-0.39, 0.29) is 0 Å². The zero-order chi connectivity index (χ0) is 22.5. The normalized spacial score (nSPS) is 38.4. The number of rotatable bonds is 9. The van der Waals surface area contributed by atoms with Crippen LogP contribution in [-0.4, -0.2) is 38.8 Å². The van der Waals surface area contributed by atoms with Crippen LogP contribution in [0.3, 0.4) is 0 Å². The maximum Gasteiger partial charge on any atom is 0.0916 e. The topological polar surface area (TPSA) is 48.1 Å². The first-order valence-corrected chi connectivity index (χ1v) is 13.2. The molecule has 2 atom stereocenters. The van der Waals surface area contributed by atoms with Crippen molar-refractivity contribution in [3.05, 3.63) is 12.4 Å². The Labute approximate surface area is 193 Å². The average molecular weight is 433 g/mol. The van der Waals surface area contributed by atoms with E-state index >= 15 is 0 Å². The van der Waals surface area contributed by atoms with Gasteiger partial charge >= 0.3 is 0 Å². The van der Waals surface area contributed by atoms with Crippen LogP contribution in [0.15, 0.2) is 12.4 Å². The standard InChI is InChI=1S/C27H52N4/c1-20(31-25-16-26(2,3)18-27(4,17-25)19-28-5)30-24-13-9-22(10-14-24)15-21-7-11-23(29-6)12-8-21/h21-25,28-31H,1,7-19H2,2-6H3. The molecule has 3 aliphatic carbocycles. The molecule has 3 fully saturated rings. The van der Waals surface area contributed by atoms with Crippen LogP contribution in [0.25, 0.3) is 0 Å². The van der Waals surface area contributed by atoms with Crippen molar-refractivity contribution in [2.24, 2.45) is 22.7 Å². The van der Waals surface area contributed by atoms with Gasteiger partial charge in [0.2, 0.25) is 0 Å². The van der Waals surface area contributed by atoms with Crippen molar-refractivity contribution in [1.82, 2.24) is 21.3 Å². The van der Waals surface area contributed by atoms with Crippen molar-refractivity contribution in [1.29, 1.82) is 0 Å². The first-order valence-electron chi connectivity index (χ1n) is 13.2. The number of hydrogen-bond acceptors (Lipinski definition) is 4. The second-order valence-corrected chi connectivity index (χ2v) is 12.5. The highest BCUT2D eigenvalue weighted by molar-refractivity contribution is 5.01. The maximum absolute atomic E-state index is 4.37. The van der Waals surface area contributed by atoms with Crippen LogP contribution >= 0.6 is 0 Å². The summed E-state index contributed by atoms with van der Waals surface area (Å²) >= 11 is 0. The van der Waals surface area contributed by atoms with Crippen LogP contribution in [0.4, 0.5) is 0 Å². The van der Waals surface area contributed by atoms with Crippen molar-refractivity contribution in [3.8, 4) is 0 Å². The molecule has 4 N–H and O–H groups in total. The van der Waals surface area contributed by atoms with Gasteiger partial charge in [-0.25, -0.2) is 0 Å². The fourth-order valence-corrected chi connectivity index (χ4v) is 7.53. The first kappa shape index (κ1) is 24.9. The lowest BCUT2D eigenvalue weighted by molar-refractivity contribution is 0.0742. The zero-order valence-corrected chi connectivity index (χ0v) is 21.3.